The molecular formula is C29H21Cl2N3O5. The van der Waals surface area contributed by atoms with Crippen LogP contribution in [0.3, 0.4) is 0 Å². The first-order chi connectivity index (χ1) is 18.8. The lowest BCUT2D eigenvalue weighted by molar-refractivity contribution is -0.383. The van der Waals surface area contributed by atoms with Gasteiger partial charge in [0.05, 0.1) is 16.6 Å². The molecule has 0 aliphatic heterocycles. The van der Waals surface area contributed by atoms with E-state index in [0.717, 1.165) is 22.4 Å². The lowest BCUT2D eigenvalue weighted by Gasteiger charge is -2.15. The molecule has 0 saturated carbocycles. The number of nitrogens with zero attached hydrogens (tertiary/aromatic N) is 2. The molecule has 0 aliphatic rings. The van der Waals surface area contributed by atoms with Crippen LogP contribution in [-0.2, 0) is 11.4 Å². The minimum Gasteiger partial charge on any atom is -0.490 e. The summed E-state index contributed by atoms with van der Waals surface area (Å²) >= 11 is 12.4. The number of fused-ring (bicyclic) bond motifs is 1. The minimum absolute atomic E-state index is 0.0965. The second-order valence-corrected chi connectivity index (χ2v) is 9.08. The highest BCUT2D eigenvalue weighted by atomic mass is 35.5. The highest BCUT2D eigenvalue weighted by Crippen LogP contribution is 2.38. The molecule has 0 atom stereocenters. The van der Waals surface area contributed by atoms with Gasteiger partial charge in [0.15, 0.2) is 11.5 Å². The number of hydrogen-bond acceptors (Lipinski definition) is 6. The fraction of sp³-hybridized carbons (Fsp3) is 0.103. The zero-order chi connectivity index (χ0) is 27.9. The number of nitriles is 1. The number of carbonyl (C=O) groups excluding carboxylic acids is 1. The van der Waals surface area contributed by atoms with Crippen LogP contribution in [0.4, 0.5) is 11.4 Å². The normalized spacial score (nSPS) is 11.1. The van der Waals surface area contributed by atoms with Crippen molar-refractivity contribution in [3.05, 3.63) is 110 Å². The van der Waals surface area contributed by atoms with Crippen molar-refractivity contribution in [1.82, 2.24) is 0 Å². The Morgan fingerprint density at radius 1 is 1.08 bits per heavy atom. The number of nitro groups is 1. The number of halogens is 2. The van der Waals surface area contributed by atoms with Gasteiger partial charge < -0.3 is 14.8 Å². The summed E-state index contributed by atoms with van der Waals surface area (Å²) in [5.41, 5.74) is 0.569. The molecule has 0 aromatic heterocycles. The van der Waals surface area contributed by atoms with Crippen LogP contribution in [0.25, 0.3) is 16.8 Å². The van der Waals surface area contributed by atoms with Crippen molar-refractivity contribution < 1.29 is 19.2 Å². The van der Waals surface area contributed by atoms with E-state index in [4.69, 9.17) is 32.7 Å². The number of carbonyl (C=O) groups is 1. The first-order valence-corrected chi connectivity index (χ1v) is 12.5. The van der Waals surface area contributed by atoms with Gasteiger partial charge in [0, 0.05) is 11.1 Å². The molecule has 196 valence electrons. The Labute approximate surface area is 234 Å². The Kier molecular flexibility index (Phi) is 8.67. The number of nitro benzene ring substituents is 1. The average Bonchev–Trinajstić information content (AvgIpc) is 2.92. The number of hydrogen-bond donors (Lipinski definition) is 1. The lowest BCUT2D eigenvalue weighted by atomic mass is 10.1. The van der Waals surface area contributed by atoms with E-state index in [1.54, 1.807) is 13.0 Å². The number of benzene rings is 4. The monoisotopic (exact) mass is 561 g/mol. The van der Waals surface area contributed by atoms with Gasteiger partial charge in [0.2, 0.25) is 0 Å². The SMILES string of the molecule is CCOc1cc(C=C(C#N)C(=O)Nc2ccc(Cl)cc2[N+](=O)[O-])cc(Cl)c1OCc1cccc2ccccc12. The van der Waals surface area contributed by atoms with Crippen LogP contribution in [0.1, 0.15) is 18.1 Å². The minimum atomic E-state index is -0.840. The fourth-order valence-corrected chi connectivity index (χ4v) is 4.35. The molecule has 0 aliphatic carbocycles. The van der Waals surface area contributed by atoms with E-state index in [9.17, 15) is 20.2 Å². The highest BCUT2D eigenvalue weighted by Gasteiger charge is 2.19. The Morgan fingerprint density at radius 2 is 1.85 bits per heavy atom. The van der Waals surface area contributed by atoms with Crippen molar-refractivity contribution in [2.24, 2.45) is 0 Å². The number of amides is 1. The molecule has 10 heteroatoms. The van der Waals surface area contributed by atoms with Gasteiger partial charge in [0.1, 0.15) is 23.9 Å². The highest BCUT2D eigenvalue weighted by molar-refractivity contribution is 6.32. The summed E-state index contributed by atoms with van der Waals surface area (Å²) in [6.07, 6.45) is 1.31. The molecule has 8 nitrogen and oxygen atoms in total. The van der Waals surface area contributed by atoms with Gasteiger partial charge in [-0.15, -0.1) is 0 Å². The Balaban J connectivity index is 1.61. The molecule has 0 bridgehead atoms. The summed E-state index contributed by atoms with van der Waals surface area (Å²) in [6, 6.07) is 22.7. The second kappa shape index (κ2) is 12.3. The third kappa shape index (κ3) is 6.47. The van der Waals surface area contributed by atoms with Crippen LogP contribution < -0.4 is 14.8 Å². The fourth-order valence-electron chi connectivity index (χ4n) is 3.91. The first kappa shape index (κ1) is 27.5. The maximum Gasteiger partial charge on any atom is 0.294 e. The van der Waals surface area contributed by atoms with Crippen LogP contribution in [0.2, 0.25) is 10.0 Å². The standard InChI is InChI=1S/C29H21Cl2N3O5/c1-2-38-27-14-18(12-21(16-32)29(35)33-25-11-10-22(30)15-26(25)34(36)37)13-24(31)28(27)39-17-20-8-5-7-19-6-3-4-9-23(19)20/h3-15H,2,17H2,1H3,(H,33,35). The van der Waals surface area contributed by atoms with Crippen molar-refractivity contribution in [2.75, 3.05) is 11.9 Å². The molecule has 4 aromatic carbocycles. The molecule has 0 spiro atoms. The summed E-state index contributed by atoms with van der Waals surface area (Å²) in [5.74, 6) is -0.181. The molecule has 4 aromatic rings. The van der Waals surface area contributed by atoms with Crippen molar-refractivity contribution in [3.8, 4) is 17.6 Å². The summed E-state index contributed by atoms with van der Waals surface area (Å²) in [6.45, 7) is 2.36. The third-order valence-corrected chi connectivity index (χ3v) is 6.18. The van der Waals surface area contributed by atoms with E-state index in [2.05, 4.69) is 5.32 Å². The van der Waals surface area contributed by atoms with Crippen LogP contribution in [-0.4, -0.2) is 17.4 Å². The molecule has 4 rings (SSSR count). The van der Waals surface area contributed by atoms with E-state index in [1.807, 2.05) is 48.5 Å². The number of anilines is 1. The molecule has 0 fully saturated rings. The second-order valence-electron chi connectivity index (χ2n) is 8.23. The Hall–Kier alpha value is -4.58. The number of ether oxygens (including phenoxy) is 2. The van der Waals surface area contributed by atoms with Crippen molar-refractivity contribution in [2.45, 2.75) is 13.5 Å². The topological polar surface area (TPSA) is 114 Å². The summed E-state index contributed by atoms with van der Waals surface area (Å²) in [7, 11) is 0. The molecule has 39 heavy (non-hydrogen) atoms. The molecule has 0 saturated heterocycles. The van der Waals surface area contributed by atoms with E-state index in [1.165, 1.54) is 24.3 Å². The zero-order valence-electron chi connectivity index (χ0n) is 20.6. The van der Waals surface area contributed by atoms with Gasteiger partial charge in [-0.1, -0.05) is 65.7 Å². The molecule has 0 heterocycles. The number of rotatable bonds is 9. The third-order valence-electron chi connectivity index (χ3n) is 5.66. The van der Waals surface area contributed by atoms with Gasteiger partial charge in [0.25, 0.3) is 11.6 Å². The average molecular weight is 562 g/mol. The zero-order valence-corrected chi connectivity index (χ0v) is 22.1. The van der Waals surface area contributed by atoms with Gasteiger partial charge in [-0.2, -0.15) is 5.26 Å². The van der Waals surface area contributed by atoms with E-state index in [0.29, 0.717) is 23.7 Å². The van der Waals surface area contributed by atoms with Crippen LogP contribution in [0.5, 0.6) is 11.5 Å². The molecule has 0 radical (unpaired) electrons. The summed E-state index contributed by atoms with van der Waals surface area (Å²) < 4.78 is 11.8. The Morgan fingerprint density at radius 3 is 2.59 bits per heavy atom. The maximum atomic E-state index is 12.8. The van der Waals surface area contributed by atoms with Gasteiger partial charge in [-0.3, -0.25) is 14.9 Å². The van der Waals surface area contributed by atoms with Gasteiger partial charge in [-0.05, 0) is 59.2 Å². The van der Waals surface area contributed by atoms with Crippen molar-refractivity contribution in [1.29, 1.82) is 5.26 Å². The largest absolute Gasteiger partial charge is 0.490 e. The predicted octanol–water partition coefficient (Wildman–Crippen LogP) is 7.58. The molecular weight excluding hydrogens is 541 g/mol. The summed E-state index contributed by atoms with van der Waals surface area (Å²) in [4.78, 5) is 23.5. The first-order valence-electron chi connectivity index (χ1n) is 11.7. The van der Waals surface area contributed by atoms with E-state index < -0.39 is 16.5 Å². The molecule has 0 unspecified atom stereocenters. The summed E-state index contributed by atoms with van der Waals surface area (Å²) in [5, 5.41) is 25.9. The molecule has 1 N–H and O–H groups in total. The smallest absolute Gasteiger partial charge is 0.294 e. The van der Waals surface area contributed by atoms with Crippen LogP contribution >= 0.6 is 23.2 Å². The Bertz CT molecular complexity index is 1640. The van der Waals surface area contributed by atoms with Crippen LogP contribution in [0.15, 0.2) is 78.4 Å². The number of nitrogens with one attached hydrogen (secondary N) is 1. The van der Waals surface area contributed by atoms with E-state index in [-0.39, 0.29) is 27.9 Å². The molecule has 1 amide bonds. The van der Waals surface area contributed by atoms with Crippen molar-refractivity contribution >= 4 is 57.3 Å². The lowest BCUT2D eigenvalue weighted by Crippen LogP contribution is -2.14. The van der Waals surface area contributed by atoms with Gasteiger partial charge >= 0.3 is 0 Å². The maximum absolute atomic E-state index is 12.8. The van der Waals surface area contributed by atoms with Gasteiger partial charge in [-0.25, -0.2) is 0 Å². The quantitative estimate of drug-likeness (QED) is 0.0974. The van der Waals surface area contributed by atoms with Crippen LogP contribution in [0, 0.1) is 21.4 Å². The predicted molar refractivity (Wildman–Crippen MR) is 151 cm³/mol. The van der Waals surface area contributed by atoms with Crippen molar-refractivity contribution in [3.63, 3.8) is 0 Å². The van der Waals surface area contributed by atoms with E-state index >= 15 is 0 Å².